The highest BCUT2D eigenvalue weighted by atomic mass is 35.5. The van der Waals surface area contributed by atoms with Gasteiger partial charge in [-0.1, -0.05) is 61.0 Å². The lowest BCUT2D eigenvalue weighted by atomic mass is 9.95. The number of nitrogens with one attached hydrogen (secondary N) is 1. The maximum atomic E-state index is 13.7. The Balaban J connectivity index is 1.67. The van der Waals surface area contributed by atoms with E-state index < -0.39 is 15.9 Å². The molecule has 4 rings (SSSR count). The first kappa shape index (κ1) is 24.8. The molecule has 1 aliphatic rings. The molecule has 0 fully saturated rings. The van der Waals surface area contributed by atoms with Crippen LogP contribution in [0.5, 0.6) is 5.75 Å². The van der Waals surface area contributed by atoms with Crippen LogP contribution in [0.3, 0.4) is 0 Å². The number of halogens is 1. The molecule has 1 aliphatic heterocycles. The van der Waals surface area contributed by atoms with E-state index in [1.54, 1.807) is 49.4 Å². The van der Waals surface area contributed by atoms with Crippen LogP contribution in [0.1, 0.15) is 30.5 Å². The minimum atomic E-state index is -4.12. The molecular weight excluding hydrogens is 484 g/mol. The summed E-state index contributed by atoms with van der Waals surface area (Å²) < 4.78 is 34.3. The second kappa shape index (κ2) is 10.5. The predicted molar refractivity (Wildman–Crippen MR) is 140 cm³/mol. The summed E-state index contributed by atoms with van der Waals surface area (Å²) in [7, 11) is -4.12. The standard InChI is InChI=1S/C27H27ClN2O4S/c1-3-19-10-13-22(14-11-19)34-17-16-29-27(31)26-25(20-8-6-5-7-9-20)23-18-21(28)12-15-24(23)30(4-2)35(26,32)33/h5-15,18H,3-4,16-17H2,1-2H3,(H,29,31). The van der Waals surface area contributed by atoms with E-state index >= 15 is 0 Å². The summed E-state index contributed by atoms with van der Waals surface area (Å²) in [5.74, 6) is 0.00418. The fourth-order valence-electron chi connectivity index (χ4n) is 4.11. The molecule has 0 atom stereocenters. The van der Waals surface area contributed by atoms with Crippen molar-refractivity contribution in [2.24, 2.45) is 0 Å². The second-order valence-corrected chi connectivity index (χ2v) is 10.2. The molecule has 0 saturated carbocycles. The molecule has 182 valence electrons. The summed E-state index contributed by atoms with van der Waals surface area (Å²) in [6.45, 7) is 4.33. The molecule has 1 heterocycles. The molecule has 0 radical (unpaired) electrons. The third kappa shape index (κ3) is 5.06. The lowest BCUT2D eigenvalue weighted by Gasteiger charge is -2.33. The van der Waals surface area contributed by atoms with Crippen LogP contribution in [-0.4, -0.2) is 34.0 Å². The minimum absolute atomic E-state index is 0.143. The quantitative estimate of drug-likeness (QED) is 0.431. The number of benzene rings is 3. The Hall–Kier alpha value is -3.29. The zero-order valence-electron chi connectivity index (χ0n) is 19.6. The van der Waals surface area contributed by atoms with Crippen molar-refractivity contribution in [3.8, 4) is 5.75 Å². The summed E-state index contributed by atoms with van der Waals surface area (Å²) >= 11 is 6.29. The molecular formula is C27H27ClN2O4S. The van der Waals surface area contributed by atoms with Crippen molar-refractivity contribution < 1.29 is 17.9 Å². The number of ether oxygens (including phenoxy) is 1. The van der Waals surface area contributed by atoms with E-state index in [1.165, 1.54) is 9.87 Å². The van der Waals surface area contributed by atoms with Crippen molar-refractivity contribution >= 4 is 38.8 Å². The molecule has 0 aromatic heterocycles. The number of sulfonamides is 1. The van der Waals surface area contributed by atoms with E-state index in [-0.39, 0.29) is 24.6 Å². The van der Waals surface area contributed by atoms with Crippen molar-refractivity contribution in [1.82, 2.24) is 5.32 Å². The van der Waals surface area contributed by atoms with Crippen LogP contribution in [-0.2, 0) is 21.2 Å². The third-order valence-electron chi connectivity index (χ3n) is 5.82. The number of hydrogen-bond donors (Lipinski definition) is 1. The van der Waals surface area contributed by atoms with Crippen LogP contribution in [0, 0.1) is 0 Å². The summed E-state index contributed by atoms with van der Waals surface area (Å²) in [6, 6.07) is 21.8. The Bertz CT molecular complexity index is 1350. The lowest BCUT2D eigenvalue weighted by Crippen LogP contribution is -2.42. The average Bonchev–Trinajstić information content (AvgIpc) is 2.86. The SMILES string of the molecule is CCc1ccc(OCCNC(=O)C2=C(c3ccccc3)c3cc(Cl)ccc3N(CC)S2(=O)=O)cc1. The Kier molecular flexibility index (Phi) is 7.48. The van der Waals surface area contributed by atoms with E-state index in [2.05, 4.69) is 12.2 Å². The van der Waals surface area contributed by atoms with Crippen LogP contribution in [0.15, 0.2) is 77.7 Å². The van der Waals surface area contributed by atoms with Crippen LogP contribution in [0.4, 0.5) is 5.69 Å². The van der Waals surface area contributed by atoms with E-state index in [0.717, 1.165) is 6.42 Å². The molecule has 6 nitrogen and oxygen atoms in total. The topological polar surface area (TPSA) is 75.7 Å². The van der Waals surface area contributed by atoms with Gasteiger partial charge in [0.15, 0.2) is 4.91 Å². The number of carbonyl (C=O) groups excluding carboxylic acids is 1. The Morgan fingerprint density at radius 3 is 2.37 bits per heavy atom. The van der Waals surface area contributed by atoms with E-state index in [9.17, 15) is 13.2 Å². The number of hydrogen-bond acceptors (Lipinski definition) is 4. The molecule has 3 aromatic carbocycles. The average molecular weight is 511 g/mol. The smallest absolute Gasteiger partial charge is 0.270 e. The summed E-state index contributed by atoms with van der Waals surface area (Å²) in [5, 5.41) is 3.18. The highest BCUT2D eigenvalue weighted by Crippen LogP contribution is 2.43. The van der Waals surface area contributed by atoms with E-state index in [4.69, 9.17) is 16.3 Å². The highest BCUT2D eigenvalue weighted by Gasteiger charge is 2.40. The van der Waals surface area contributed by atoms with Crippen LogP contribution < -0.4 is 14.4 Å². The first-order chi connectivity index (χ1) is 16.9. The van der Waals surface area contributed by atoms with Crippen molar-refractivity contribution in [3.05, 3.63) is 99.4 Å². The van der Waals surface area contributed by atoms with Crippen molar-refractivity contribution in [3.63, 3.8) is 0 Å². The zero-order valence-corrected chi connectivity index (χ0v) is 21.2. The van der Waals surface area contributed by atoms with Crippen molar-refractivity contribution in [2.45, 2.75) is 20.3 Å². The minimum Gasteiger partial charge on any atom is -0.492 e. The summed E-state index contributed by atoms with van der Waals surface area (Å²) in [4.78, 5) is 13.1. The van der Waals surface area contributed by atoms with Gasteiger partial charge >= 0.3 is 0 Å². The van der Waals surface area contributed by atoms with Gasteiger partial charge in [0.1, 0.15) is 12.4 Å². The second-order valence-electron chi connectivity index (χ2n) is 8.00. The number of amides is 1. The maximum absolute atomic E-state index is 13.7. The largest absolute Gasteiger partial charge is 0.492 e. The van der Waals surface area contributed by atoms with Crippen molar-refractivity contribution in [1.29, 1.82) is 0 Å². The van der Waals surface area contributed by atoms with Gasteiger partial charge in [0.05, 0.1) is 12.2 Å². The summed E-state index contributed by atoms with van der Waals surface area (Å²) in [6.07, 6.45) is 0.937. The zero-order chi connectivity index (χ0) is 25.0. The highest BCUT2D eigenvalue weighted by molar-refractivity contribution is 7.97. The van der Waals surface area contributed by atoms with E-state index in [1.807, 2.05) is 30.3 Å². The first-order valence-corrected chi connectivity index (χ1v) is 13.3. The molecule has 1 N–H and O–H groups in total. The van der Waals surface area contributed by atoms with Gasteiger partial charge in [0.2, 0.25) is 0 Å². The van der Waals surface area contributed by atoms with Gasteiger partial charge in [-0.3, -0.25) is 9.10 Å². The van der Waals surface area contributed by atoms with Gasteiger partial charge in [0.25, 0.3) is 15.9 Å². The predicted octanol–water partition coefficient (Wildman–Crippen LogP) is 5.03. The maximum Gasteiger partial charge on any atom is 0.270 e. The van der Waals surface area contributed by atoms with Crippen LogP contribution >= 0.6 is 11.6 Å². The van der Waals surface area contributed by atoms with Crippen molar-refractivity contribution in [2.75, 3.05) is 24.0 Å². The number of fused-ring (bicyclic) bond motifs is 1. The number of anilines is 1. The van der Waals surface area contributed by atoms with Gasteiger partial charge in [0, 0.05) is 22.7 Å². The van der Waals surface area contributed by atoms with Gasteiger partial charge in [-0.15, -0.1) is 0 Å². The molecule has 1 amide bonds. The number of rotatable bonds is 8. The van der Waals surface area contributed by atoms with Gasteiger partial charge in [-0.25, -0.2) is 8.42 Å². The van der Waals surface area contributed by atoms with Gasteiger partial charge in [-0.05, 0) is 54.8 Å². The molecule has 3 aromatic rings. The molecule has 0 unspecified atom stereocenters. The van der Waals surface area contributed by atoms with E-state index in [0.29, 0.717) is 33.2 Å². The summed E-state index contributed by atoms with van der Waals surface area (Å²) in [5.41, 5.74) is 3.24. The lowest BCUT2D eigenvalue weighted by molar-refractivity contribution is -0.116. The fraction of sp³-hybridized carbons (Fsp3) is 0.222. The van der Waals surface area contributed by atoms with Crippen LogP contribution in [0.2, 0.25) is 5.02 Å². The fourth-order valence-corrected chi connectivity index (χ4v) is 6.06. The molecule has 0 aliphatic carbocycles. The molecule has 8 heteroatoms. The number of nitrogens with zero attached hydrogens (tertiary/aromatic N) is 1. The Labute approximate surface area is 211 Å². The third-order valence-corrected chi connectivity index (χ3v) is 7.99. The molecule has 0 saturated heterocycles. The Morgan fingerprint density at radius 2 is 1.71 bits per heavy atom. The normalized spacial score (nSPS) is 14.4. The van der Waals surface area contributed by atoms with Crippen LogP contribution in [0.25, 0.3) is 5.57 Å². The Morgan fingerprint density at radius 1 is 1.00 bits per heavy atom. The first-order valence-electron chi connectivity index (χ1n) is 11.5. The molecule has 0 spiro atoms. The molecule has 0 bridgehead atoms. The molecule has 35 heavy (non-hydrogen) atoms. The van der Waals surface area contributed by atoms with Gasteiger partial charge < -0.3 is 10.1 Å². The monoisotopic (exact) mass is 510 g/mol. The van der Waals surface area contributed by atoms with Gasteiger partial charge in [-0.2, -0.15) is 0 Å². The number of carbonyl (C=O) groups is 1. The number of aryl methyl sites for hydroxylation is 1.